The summed E-state index contributed by atoms with van der Waals surface area (Å²) >= 11 is 0. The van der Waals surface area contributed by atoms with E-state index in [1.54, 1.807) is 0 Å². The highest BCUT2D eigenvalue weighted by atomic mass is 16.4. The van der Waals surface area contributed by atoms with Gasteiger partial charge in [0.05, 0.1) is 12.6 Å². The molecule has 3 atom stereocenters. The average molecular weight is 304 g/mol. The zero-order chi connectivity index (χ0) is 16.6. The first kappa shape index (κ1) is 18.8. The van der Waals surface area contributed by atoms with Crippen molar-refractivity contribution in [1.29, 1.82) is 0 Å². The molecule has 0 aliphatic rings. The van der Waals surface area contributed by atoms with Gasteiger partial charge in [0.2, 0.25) is 17.7 Å². The molecule has 0 aromatic rings. The monoisotopic (exact) mass is 304 g/mol. The molecule has 120 valence electrons. The molecule has 0 radical (unpaired) electrons. The number of aliphatic hydroxyl groups excluding tert-OH is 1. The van der Waals surface area contributed by atoms with Gasteiger partial charge in [0.1, 0.15) is 6.04 Å². The standard InChI is InChI=1S/C11H20N4O6/c1-5(16)9(11(20)21)15-10(19)6(2-3-7(13)17)14-8(18)4-12/h5-6,9,16H,2-4,12H2,1H3,(H2,13,17)(H,14,18)(H,15,19)(H,20,21)/t5-,6+,9+/m1/s1. The van der Waals surface area contributed by atoms with Crippen molar-refractivity contribution in [1.82, 2.24) is 10.6 Å². The van der Waals surface area contributed by atoms with E-state index in [2.05, 4.69) is 10.6 Å². The smallest absolute Gasteiger partial charge is 0.328 e. The lowest BCUT2D eigenvalue weighted by Crippen LogP contribution is -2.55. The second kappa shape index (κ2) is 8.87. The summed E-state index contributed by atoms with van der Waals surface area (Å²) < 4.78 is 0. The molecule has 10 heteroatoms. The van der Waals surface area contributed by atoms with Gasteiger partial charge in [-0.3, -0.25) is 14.4 Å². The molecular formula is C11H20N4O6. The van der Waals surface area contributed by atoms with E-state index < -0.39 is 41.9 Å². The van der Waals surface area contributed by atoms with Crippen molar-refractivity contribution in [3.8, 4) is 0 Å². The van der Waals surface area contributed by atoms with E-state index in [1.165, 1.54) is 6.92 Å². The largest absolute Gasteiger partial charge is 0.480 e. The predicted molar refractivity (Wildman–Crippen MR) is 70.7 cm³/mol. The topological polar surface area (TPSA) is 185 Å². The SMILES string of the molecule is C[C@@H](O)[C@H](NC(=O)[C@H](CCC(N)=O)NC(=O)CN)C(=O)O. The summed E-state index contributed by atoms with van der Waals surface area (Å²) in [5, 5.41) is 22.5. The van der Waals surface area contributed by atoms with E-state index in [0.29, 0.717) is 0 Å². The Balaban J connectivity index is 4.86. The third kappa shape index (κ3) is 7.22. The number of carbonyl (C=O) groups is 4. The van der Waals surface area contributed by atoms with Crippen LogP contribution in [0.3, 0.4) is 0 Å². The quantitative estimate of drug-likeness (QED) is 0.257. The van der Waals surface area contributed by atoms with Crippen molar-refractivity contribution in [2.45, 2.75) is 38.0 Å². The summed E-state index contributed by atoms with van der Waals surface area (Å²) in [6, 6.07) is -2.71. The molecule has 3 amide bonds. The Morgan fingerprint density at radius 2 is 1.76 bits per heavy atom. The molecule has 0 fully saturated rings. The van der Waals surface area contributed by atoms with Gasteiger partial charge in [0.15, 0.2) is 6.04 Å². The van der Waals surface area contributed by atoms with Crippen LogP contribution >= 0.6 is 0 Å². The van der Waals surface area contributed by atoms with E-state index in [0.717, 1.165) is 0 Å². The molecule has 0 aliphatic heterocycles. The van der Waals surface area contributed by atoms with E-state index in [4.69, 9.17) is 16.6 Å². The Bertz CT molecular complexity index is 412. The van der Waals surface area contributed by atoms with E-state index in [9.17, 15) is 24.3 Å². The number of rotatable bonds is 9. The van der Waals surface area contributed by atoms with Gasteiger partial charge in [-0.25, -0.2) is 4.79 Å². The second-order valence-electron chi connectivity index (χ2n) is 4.39. The summed E-state index contributed by atoms with van der Waals surface area (Å²) in [4.78, 5) is 44.8. The van der Waals surface area contributed by atoms with Crippen LogP contribution in [0.1, 0.15) is 19.8 Å². The Kier molecular flexibility index (Phi) is 7.94. The summed E-state index contributed by atoms with van der Waals surface area (Å²) in [6.07, 6.45) is -1.64. The lowest BCUT2D eigenvalue weighted by Gasteiger charge is -2.22. The molecule has 10 nitrogen and oxygen atoms in total. The number of carbonyl (C=O) groups excluding carboxylic acids is 3. The van der Waals surface area contributed by atoms with Crippen molar-refractivity contribution >= 4 is 23.7 Å². The molecule has 0 spiro atoms. The summed E-state index contributed by atoms with van der Waals surface area (Å²) in [6.45, 7) is 0.815. The van der Waals surface area contributed by atoms with Crippen LogP contribution < -0.4 is 22.1 Å². The fourth-order valence-corrected chi connectivity index (χ4v) is 1.45. The first-order valence-corrected chi connectivity index (χ1v) is 6.18. The van der Waals surface area contributed by atoms with E-state index >= 15 is 0 Å². The number of carboxylic acid groups (broad SMARTS) is 1. The second-order valence-corrected chi connectivity index (χ2v) is 4.39. The maximum atomic E-state index is 11.9. The zero-order valence-corrected chi connectivity index (χ0v) is 11.5. The molecular weight excluding hydrogens is 284 g/mol. The number of primary amides is 1. The molecule has 0 bridgehead atoms. The highest BCUT2D eigenvalue weighted by molar-refractivity contribution is 5.91. The maximum absolute atomic E-state index is 11.9. The minimum absolute atomic E-state index is 0.112. The molecule has 0 aromatic carbocycles. The average Bonchev–Trinajstić information content (AvgIpc) is 2.38. The summed E-state index contributed by atoms with van der Waals surface area (Å²) in [5.41, 5.74) is 10.1. The van der Waals surface area contributed by atoms with Crippen molar-refractivity contribution in [3.63, 3.8) is 0 Å². The van der Waals surface area contributed by atoms with Crippen molar-refractivity contribution in [2.75, 3.05) is 6.54 Å². The molecule has 0 saturated heterocycles. The third-order valence-corrected chi connectivity index (χ3v) is 2.56. The molecule has 0 heterocycles. The predicted octanol–water partition coefficient (Wildman–Crippen LogP) is -3.35. The zero-order valence-electron chi connectivity index (χ0n) is 11.5. The number of nitrogens with two attached hydrogens (primary N) is 2. The van der Waals surface area contributed by atoms with Gasteiger partial charge >= 0.3 is 5.97 Å². The van der Waals surface area contributed by atoms with Gasteiger partial charge in [-0.15, -0.1) is 0 Å². The number of aliphatic carboxylic acids is 1. The van der Waals surface area contributed by atoms with Crippen molar-refractivity contribution in [3.05, 3.63) is 0 Å². The summed E-state index contributed by atoms with van der Waals surface area (Å²) in [5.74, 6) is -3.62. The van der Waals surface area contributed by atoms with Crippen LogP contribution in [0.2, 0.25) is 0 Å². The van der Waals surface area contributed by atoms with Crippen molar-refractivity contribution in [2.24, 2.45) is 11.5 Å². The fraction of sp³-hybridized carbons (Fsp3) is 0.636. The lowest BCUT2D eigenvalue weighted by atomic mass is 10.1. The molecule has 8 N–H and O–H groups in total. The first-order valence-electron chi connectivity index (χ1n) is 6.18. The maximum Gasteiger partial charge on any atom is 0.328 e. The van der Waals surface area contributed by atoms with Gasteiger partial charge in [-0.1, -0.05) is 0 Å². The molecule has 0 aromatic heterocycles. The van der Waals surface area contributed by atoms with Crippen LogP contribution in [0.25, 0.3) is 0 Å². The minimum Gasteiger partial charge on any atom is -0.480 e. The van der Waals surface area contributed by atoms with Crippen molar-refractivity contribution < 1.29 is 29.4 Å². The first-order chi connectivity index (χ1) is 9.68. The minimum atomic E-state index is -1.54. The van der Waals surface area contributed by atoms with Crippen LogP contribution in [0.15, 0.2) is 0 Å². The number of amides is 3. The van der Waals surface area contributed by atoms with Crippen LogP contribution in [-0.4, -0.2) is 58.6 Å². The van der Waals surface area contributed by atoms with Crippen LogP contribution in [0.4, 0.5) is 0 Å². The number of nitrogens with one attached hydrogen (secondary N) is 2. The highest BCUT2D eigenvalue weighted by Crippen LogP contribution is 2.00. The molecule has 0 unspecified atom stereocenters. The number of hydrogen-bond acceptors (Lipinski definition) is 6. The fourth-order valence-electron chi connectivity index (χ4n) is 1.45. The van der Waals surface area contributed by atoms with Gasteiger partial charge in [-0.2, -0.15) is 0 Å². The Hall–Kier alpha value is -2.20. The Morgan fingerprint density at radius 1 is 1.19 bits per heavy atom. The van der Waals surface area contributed by atoms with Gasteiger partial charge in [0, 0.05) is 6.42 Å². The van der Waals surface area contributed by atoms with Crippen LogP contribution in [0, 0.1) is 0 Å². The molecule has 0 rings (SSSR count). The Morgan fingerprint density at radius 3 is 2.14 bits per heavy atom. The number of aliphatic hydroxyl groups is 1. The van der Waals surface area contributed by atoms with Gasteiger partial charge < -0.3 is 32.3 Å². The Labute approximate surface area is 120 Å². The third-order valence-electron chi connectivity index (χ3n) is 2.56. The number of hydrogen-bond donors (Lipinski definition) is 6. The van der Waals surface area contributed by atoms with Crippen LogP contribution in [0.5, 0.6) is 0 Å². The van der Waals surface area contributed by atoms with Crippen LogP contribution in [-0.2, 0) is 19.2 Å². The highest BCUT2D eigenvalue weighted by Gasteiger charge is 2.29. The lowest BCUT2D eigenvalue weighted by molar-refractivity contribution is -0.145. The van der Waals surface area contributed by atoms with Gasteiger partial charge in [0.25, 0.3) is 0 Å². The van der Waals surface area contributed by atoms with E-state index in [1.807, 2.05) is 0 Å². The molecule has 0 saturated carbocycles. The van der Waals surface area contributed by atoms with E-state index in [-0.39, 0.29) is 19.4 Å². The summed E-state index contributed by atoms with van der Waals surface area (Å²) in [7, 11) is 0. The normalized spacial score (nSPS) is 14.6. The number of carboxylic acids is 1. The molecule has 21 heavy (non-hydrogen) atoms. The molecule has 0 aliphatic carbocycles. The van der Waals surface area contributed by atoms with Gasteiger partial charge in [-0.05, 0) is 13.3 Å².